The lowest BCUT2D eigenvalue weighted by molar-refractivity contribution is 0.561. The second-order valence-corrected chi connectivity index (χ2v) is 8.43. The number of fused-ring (bicyclic) bond motifs is 1. The van der Waals surface area contributed by atoms with Gasteiger partial charge in [0.1, 0.15) is 27.5 Å². The summed E-state index contributed by atoms with van der Waals surface area (Å²) in [7, 11) is 0. The van der Waals surface area contributed by atoms with Crippen LogP contribution >= 0.6 is 0 Å². The largest absolute Gasteiger partial charge is 0.591 e. The molecule has 0 amide bonds. The van der Waals surface area contributed by atoms with Crippen molar-refractivity contribution in [3.05, 3.63) is 54.5 Å². The van der Waals surface area contributed by atoms with Crippen LogP contribution in [0.2, 0.25) is 0 Å². The number of rotatable bonds is 3. The summed E-state index contributed by atoms with van der Waals surface area (Å²) in [5, 5.41) is 5.69. The average molecular weight is 340 g/mol. The summed E-state index contributed by atoms with van der Waals surface area (Å²) in [6, 6.07) is 11.8. The molecule has 0 aliphatic heterocycles. The van der Waals surface area contributed by atoms with Gasteiger partial charge in [0.2, 0.25) is 0 Å². The number of nitrogens with zero attached hydrogens (tertiary/aromatic N) is 4. The van der Waals surface area contributed by atoms with Crippen molar-refractivity contribution in [3.8, 4) is 5.69 Å². The molecule has 0 radical (unpaired) electrons. The predicted octanol–water partition coefficient (Wildman–Crippen LogP) is 3.69. The molecular formula is C18H20N4OS. The van der Waals surface area contributed by atoms with Gasteiger partial charge in [0.15, 0.2) is 0 Å². The summed E-state index contributed by atoms with van der Waals surface area (Å²) in [6.07, 6.45) is 3.50. The predicted molar refractivity (Wildman–Crippen MR) is 99.0 cm³/mol. The van der Waals surface area contributed by atoms with Crippen LogP contribution in [0.5, 0.6) is 0 Å². The molecule has 0 aliphatic carbocycles. The minimum absolute atomic E-state index is 0.400. The maximum atomic E-state index is 12.3. The Kier molecular flexibility index (Phi) is 4.43. The Labute approximate surface area is 144 Å². The van der Waals surface area contributed by atoms with Gasteiger partial charge in [-0.3, -0.25) is 4.98 Å². The van der Waals surface area contributed by atoms with Gasteiger partial charge in [0.05, 0.1) is 17.4 Å². The zero-order valence-corrected chi connectivity index (χ0v) is 15.0. The summed E-state index contributed by atoms with van der Waals surface area (Å²) < 4.78 is 18.2. The van der Waals surface area contributed by atoms with E-state index in [9.17, 15) is 4.55 Å². The molecule has 0 spiro atoms. The fraction of sp³-hybridized carbons (Fsp3) is 0.278. The third kappa shape index (κ3) is 3.20. The molecule has 0 unspecified atom stereocenters. The molecule has 3 aromatic rings. The van der Waals surface area contributed by atoms with Crippen molar-refractivity contribution >= 4 is 28.0 Å². The van der Waals surface area contributed by atoms with Crippen molar-refractivity contribution in [2.45, 2.75) is 32.4 Å². The molecule has 24 heavy (non-hydrogen) atoms. The molecule has 2 heterocycles. The van der Waals surface area contributed by atoms with Gasteiger partial charge in [-0.25, -0.2) is 4.68 Å². The van der Waals surface area contributed by atoms with Crippen LogP contribution < -0.4 is 0 Å². The van der Waals surface area contributed by atoms with Crippen LogP contribution in [0.25, 0.3) is 16.6 Å². The Balaban J connectivity index is 2.15. The van der Waals surface area contributed by atoms with Gasteiger partial charge < -0.3 is 4.55 Å². The Hall–Kier alpha value is -2.18. The third-order valence-corrected chi connectivity index (χ3v) is 5.05. The van der Waals surface area contributed by atoms with E-state index in [1.165, 1.54) is 0 Å². The van der Waals surface area contributed by atoms with E-state index >= 15 is 0 Å². The van der Waals surface area contributed by atoms with E-state index in [2.05, 4.69) is 9.38 Å². The molecular weight excluding hydrogens is 320 g/mol. The first-order valence-corrected chi connectivity index (χ1v) is 8.84. The molecule has 5 nitrogen and oxygen atoms in total. The first-order valence-electron chi connectivity index (χ1n) is 7.74. The normalized spacial score (nSPS) is 14.1. The van der Waals surface area contributed by atoms with Crippen LogP contribution in [0, 0.1) is 0 Å². The van der Waals surface area contributed by atoms with E-state index in [-0.39, 0.29) is 0 Å². The van der Waals surface area contributed by atoms with Crippen molar-refractivity contribution < 1.29 is 4.55 Å². The van der Waals surface area contributed by atoms with E-state index in [0.717, 1.165) is 22.3 Å². The molecule has 0 saturated carbocycles. The minimum Gasteiger partial charge on any atom is -0.591 e. The van der Waals surface area contributed by atoms with Crippen LogP contribution in [0.1, 0.15) is 33.4 Å². The van der Waals surface area contributed by atoms with Gasteiger partial charge >= 0.3 is 0 Å². The highest BCUT2D eigenvalue weighted by Gasteiger charge is 2.27. The molecule has 3 rings (SSSR count). The molecule has 0 aliphatic rings. The number of para-hydroxylation sites is 1. The Morgan fingerprint density at radius 1 is 1.17 bits per heavy atom. The lowest BCUT2D eigenvalue weighted by atomic mass is 10.1. The molecule has 0 fully saturated rings. The standard InChI is InChI=1S/C18H20N4OS/c1-13(21-24(23)18(2,3)4)17-15-9-5-6-10-16(15)22(20-17)14-8-7-11-19-12-14/h5-12H,1-4H3/t24-/m1/s1. The first-order chi connectivity index (χ1) is 11.4. The molecule has 2 aromatic heterocycles. The Bertz CT molecular complexity index is 881. The summed E-state index contributed by atoms with van der Waals surface area (Å²) in [6.45, 7) is 7.58. The summed E-state index contributed by atoms with van der Waals surface area (Å²) in [5.41, 5.74) is 3.26. The van der Waals surface area contributed by atoms with Crippen LogP contribution in [0.4, 0.5) is 0 Å². The summed E-state index contributed by atoms with van der Waals surface area (Å²) >= 11 is -1.32. The highest BCUT2D eigenvalue weighted by Crippen LogP contribution is 2.24. The highest BCUT2D eigenvalue weighted by atomic mass is 32.2. The molecule has 1 atom stereocenters. The summed E-state index contributed by atoms with van der Waals surface area (Å²) in [4.78, 5) is 4.16. The van der Waals surface area contributed by atoms with Gasteiger partial charge in [-0.2, -0.15) is 5.10 Å². The van der Waals surface area contributed by atoms with Gasteiger partial charge in [-0.1, -0.05) is 22.6 Å². The number of hydrogen-bond acceptors (Lipinski definition) is 4. The van der Waals surface area contributed by atoms with Gasteiger partial charge in [0, 0.05) is 11.6 Å². The van der Waals surface area contributed by atoms with Crippen molar-refractivity contribution in [1.82, 2.24) is 14.8 Å². The van der Waals surface area contributed by atoms with E-state index in [0.29, 0.717) is 5.71 Å². The van der Waals surface area contributed by atoms with E-state index in [1.807, 2.05) is 68.8 Å². The number of pyridine rings is 1. The molecule has 0 saturated heterocycles. The summed E-state index contributed by atoms with van der Waals surface area (Å²) in [5.74, 6) is 0. The van der Waals surface area contributed by atoms with Gasteiger partial charge in [0.25, 0.3) is 0 Å². The monoisotopic (exact) mass is 340 g/mol. The number of benzene rings is 1. The number of hydrogen-bond donors (Lipinski definition) is 0. The maximum Gasteiger partial charge on any atom is 0.144 e. The second kappa shape index (κ2) is 6.37. The van der Waals surface area contributed by atoms with Crippen molar-refractivity contribution in [2.75, 3.05) is 0 Å². The van der Waals surface area contributed by atoms with E-state index in [4.69, 9.17) is 5.10 Å². The van der Waals surface area contributed by atoms with E-state index in [1.54, 1.807) is 12.4 Å². The fourth-order valence-electron chi connectivity index (χ4n) is 2.31. The molecule has 0 bridgehead atoms. The smallest absolute Gasteiger partial charge is 0.144 e. The topological polar surface area (TPSA) is 66.1 Å². The molecule has 0 N–H and O–H groups in total. The highest BCUT2D eigenvalue weighted by molar-refractivity contribution is 7.91. The molecule has 1 aromatic carbocycles. The number of aromatic nitrogens is 3. The van der Waals surface area contributed by atoms with Gasteiger partial charge in [-0.15, -0.1) is 0 Å². The zero-order valence-electron chi connectivity index (χ0n) is 14.2. The molecule has 124 valence electrons. The van der Waals surface area contributed by atoms with Gasteiger partial charge in [-0.05, 0) is 45.9 Å². The lowest BCUT2D eigenvalue weighted by Gasteiger charge is -2.18. The van der Waals surface area contributed by atoms with Crippen molar-refractivity contribution in [3.63, 3.8) is 0 Å². The van der Waals surface area contributed by atoms with E-state index < -0.39 is 16.1 Å². The van der Waals surface area contributed by atoms with Crippen LogP contribution in [0.15, 0.2) is 53.2 Å². The first kappa shape index (κ1) is 16.7. The molecule has 6 heteroatoms. The third-order valence-electron chi connectivity index (χ3n) is 3.56. The quantitative estimate of drug-likeness (QED) is 0.539. The SMILES string of the molecule is CC(=N[S@+]([O-])C(C)(C)C)c1nn(-c2cccnc2)c2ccccc12. The minimum atomic E-state index is -1.32. The lowest BCUT2D eigenvalue weighted by Crippen LogP contribution is -2.26. The average Bonchev–Trinajstić information content (AvgIpc) is 2.94. The zero-order chi connectivity index (χ0) is 17.3. The van der Waals surface area contributed by atoms with Crippen molar-refractivity contribution in [2.24, 2.45) is 4.40 Å². The van der Waals surface area contributed by atoms with Crippen LogP contribution in [-0.2, 0) is 11.4 Å². The fourth-order valence-corrected chi connectivity index (χ4v) is 2.92. The Morgan fingerprint density at radius 3 is 2.58 bits per heavy atom. The van der Waals surface area contributed by atoms with Crippen molar-refractivity contribution in [1.29, 1.82) is 0 Å². The van der Waals surface area contributed by atoms with Crippen LogP contribution in [-0.4, -0.2) is 29.8 Å². The van der Waals surface area contributed by atoms with Crippen LogP contribution in [0.3, 0.4) is 0 Å². The Morgan fingerprint density at radius 2 is 1.92 bits per heavy atom. The second-order valence-electron chi connectivity index (χ2n) is 6.53. The maximum absolute atomic E-state index is 12.3.